The van der Waals surface area contributed by atoms with E-state index < -0.39 is 0 Å². The maximum Gasteiger partial charge on any atom is 0.239 e. The van der Waals surface area contributed by atoms with E-state index >= 15 is 0 Å². The number of ether oxygens (including phenoxy) is 5. The topological polar surface area (TPSA) is 78.8 Å². The summed E-state index contributed by atoms with van der Waals surface area (Å²) in [6.07, 6.45) is 2.54. The average molecular weight is 507 g/mol. The summed E-state index contributed by atoms with van der Waals surface area (Å²) in [7, 11) is 3.20. The maximum absolute atomic E-state index is 12.7. The van der Waals surface area contributed by atoms with E-state index in [0.29, 0.717) is 36.9 Å². The van der Waals surface area contributed by atoms with Crippen molar-refractivity contribution in [3.63, 3.8) is 0 Å². The van der Waals surface area contributed by atoms with Gasteiger partial charge < -0.3 is 23.7 Å². The second kappa shape index (κ2) is 10.00. The smallest absolute Gasteiger partial charge is 0.239 e. The van der Waals surface area contributed by atoms with Crippen molar-refractivity contribution in [3.05, 3.63) is 53.1 Å². The van der Waals surface area contributed by atoms with Crippen molar-refractivity contribution in [3.8, 4) is 28.7 Å². The summed E-state index contributed by atoms with van der Waals surface area (Å²) in [6, 6.07) is 7.45. The number of carbonyl (C=O) groups excluding carboxylic acids is 1. The molecule has 1 amide bonds. The fourth-order valence-electron chi connectivity index (χ4n) is 5.30. The minimum absolute atomic E-state index is 0.0914. The zero-order valence-electron chi connectivity index (χ0n) is 22.1. The number of amides is 1. The number of benzene rings is 2. The number of hydrogen-bond acceptors (Lipinski definition) is 7. The Morgan fingerprint density at radius 2 is 1.92 bits per heavy atom. The molecule has 8 nitrogen and oxygen atoms in total. The van der Waals surface area contributed by atoms with E-state index in [1.165, 1.54) is 11.9 Å². The van der Waals surface area contributed by atoms with E-state index in [0.717, 1.165) is 52.3 Å². The van der Waals surface area contributed by atoms with Crippen molar-refractivity contribution >= 4 is 11.6 Å². The number of nitrogens with zero attached hydrogens (tertiary/aromatic N) is 2. The molecular weight excluding hydrogens is 472 g/mol. The molecule has 0 fully saturated rings. The number of fused-ring (bicyclic) bond motifs is 4. The lowest BCUT2D eigenvalue weighted by molar-refractivity contribution is -0.131. The Morgan fingerprint density at radius 3 is 2.59 bits per heavy atom. The zero-order valence-corrected chi connectivity index (χ0v) is 22.1. The monoisotopic (exact) mass is 506 g/mol. The van der Waals surface area contributed by atoms with Gasteiger partial charge in [-0.25, -0.2) is 5.01 Å². The number of methoxy groups -OCH3 is 2. The molecule has 0 saturated carbocycles. The molecule has 3 aliphatic rings. The number of hydrazone groups is 1. The van der Waals surface area contributed by atoms with Crippen molar-refractivity contribution in [2.24, 2.45) is 5.10 Å². The van der Waals surface area contributed by atoms with Gasteiger partial charge in [-0.05, 0) is 37.1 Å². The summed E-state index contributed by atoms with van der Waals surface area (Å²) in [4.78, 5) is 12.7. The summed E-state index contributed by atoms with van der Waals surface area (Å²) in [5.74, 6) is 3.08. The van der Waals surface area contributed by atoms with Crippen LogP contribution in [0.5, 0.6) is 28.7 Å². The fourth-order valence-corrected chi connectivity index (χ4v) is 5.30. The van der Waals surface area contributed by atoms with Crippen LogP contribution in [0.15, 0.2) is 41.5 Å². The highest BCUT2D eigenvalue weighted by atomic mass is 16.5. The van der Waals surface area contributed by atoms with Crippen LogP contribution < -0.4 is 23.7 Å². The van der Waals surface area contributed by atoms with Crippen molar-refractivity contribution in [2.75, 3.05) is 27.4 Å². The molecule has 0 bridgehead atoms. The summed E-state index contributed by atoms with van der Waals surface area (Å²) >= 11 is 0. The Hall–Kier alpha value is -3.68. The Kier molecular flexibility index (Phi) is 6.75. The van der Waals surface area contributed by atoms with Crippen molar-refractivity contribution in [1.82, 2.24) is 5.01 Å². The van der Waals surface area contributed by atoms with Gasteiger partial charge in [0.1, 0.15) is 36.0 Å². The molecule has 0 aliphatic carbocycles. The van der Waals surface area contributed by atoms with Crippen LogP contribution in [0.25, 0.3) is 0 Å². The van der Waals surface area contributed by atoms with Gasteiger partial charge in [0.15, 0.2) is 11.5 Å². The molecule has 37 heavy (non-hydrogen) atoms. The number of carbonyl (C=O) groups is 1. The third-order valence-corrected chi connectivity index (χ3v) is 7.24. The van der Waals surface area contributed by atoms with Gasteiger partial charge in [-0.15, -0.1) is 0 Å². The second-order valence-electron chi connectivity index (χ2n) is 9.73. The maximum atomic E-state index is 12.7. The first-order chi connectivity index (χ1) is 17.9. The lowest BCUT2D eigenvalue weighted by Crippen LogP contribution is -2.42. The lowest BCUT2D eigenvalue weighted by atomic mass is 9.82. The quantitative estimate of drug-likeness (QED) is 0.375. The SMILES string of the molecule is C=C(C)[C@H]1Cc2c(ccc(C3=NN(C(C)=O)C4COc5cc(OC)c(OC)cc5C34)c2OCCCC)O1. The Bertz CT molecular complexity index is 1270. The minimum Gasteiger partial charge on any atom is -0.493 e. The highest BCUT2D eigenvalue weighted by Crippen LogP contribution is 2.49. The first-order valence-corrected chi connectivity index (χ1v) is 12.8. The van der Waals surface area contributed by atoms with E-state index in [-0.39, 0.29) is 24.0 Å². The van der Waals surface area contributed by atoms with Crippen LogP contribution in [-0.4, -0.2) is 56.2 Å². The molecule has 0 saturated heterocycles. The molecule has 2 unspecified atom stereocenters. The first kappa shape index (κ1) is 25.0. The molecule has 5 rings (SSSR count). The van der Waals surface area contributed by atoms with E-state index in [4.69, 9.17) is 28.8 Å². The van der Waals surface area contributed by atoms with E-state index in [2.05, 4.69) is 13.5 Å². The van der Waals surface area contributed by atoms with Crippen molar-refractivity contribution < 1.29 is 28.5 Å². The highest BCUT2D eigenvalue weighted by molar-refractivity contribution is 6.10. The molecule has 0 aromatic heterocycles. The second-order valence-corrected chi connectivity index (χ2v) is 9.73. The van der Waals surface area contributed by atoms with Gasteiger partial charge in [0, 0.05) is 36.1 Å². The molecule has 196 valence electrons. The van der Waals surface area contributed by atoms with Gasteiger partial charge in [-0.3, -0.25) is 4.79 Å². The van der Waals surface area contributed by atoms with Gasteiger partial charge >= 0.3 is 0 Å². The predicted octanol–water partition coefficient (Wildman–Crippen LogP) is 4.87. The number of hydrogen-bond donors (Lipinski definition) is 0. The van der Waals surface area contributed by atoms with Crippen LogP contribution in [0.4, 0.5) is 0 Å². The lowest BCUT2D eigenvalue weighted by Gasteiger charge is -2.33. The first-order valence-electron chi connectivity index (χ1n) is 12.8. The van der Waals surface area contributed by atoms with Crippen LogP contribution >= 0.6 is 0 Å². The molecule has 2 aromatic rings. The third kappa shape index (κ3) is 4.28. The Balaban J connectivity index is 1.65. The van der Waals surface area contributed by atoms with Crippen LogP contribution in [0.3, 0.4) is 0 Å². The van der Waals surface area contributed by atoms with Crippen LogP contribution in [0, 0.1) is 0 Å². The molecule has 0 spiro atoms. The molecule has 2 aromatic carbocycles. The fraction of sp³-hybridized carbons (Fsp3) is 0.448. The van der Waals surface area contributed by atoms with E-state index in [9.17, 15) is 4.79 Å². The van der Waals surface area contributed by atoms with Crippen LogP contribution in [0.2, 0.25) is 0 Å². The number of rotatable bonds is 8. The van der Waals surface area contributed by atoms with Gasteiger partial charge in [0.25, 0.3) is 0 Å². The predicted molar refractivity (Wildman–Crippen MR) is 140 cm³/mol. The molecule has 3 atom stereocenters. The molecule has 8 heteroatoms. The zero-order chi connectivity index (χ0) is 26.3. The average Bonchev–Trinajstić information content (AvgIpc) is 3.50. The standard InChI is InChI=1S/C29H34N2O6/c1-7-8-11-35-29-18(9-10-22-20(29)13-23(37-22)16(2)3)28-27-19-12-25(33-5)26(34-6)14-24(19)36-15-21(27)31(30-28)17(4)32/h9-10,12,14,21,23,27H,2,7-8,11,13,15H2,1,3-6H3/t21?,23-,27?/m1/s1. The normalized spacial score (nSPS) is 21.2. The number of unbranched alkanes of at least 4 members (excludes halogenated alkanes) is 1. The van der Waals surface area contributed by atoms with E-state index in [1.807, 2.05) is 31.2 Å². The molecule has 0 N–H and O–H groups in total. The Morgan fingerprint density at radius 1 is 1.16 bits per heavy atom. The van der Waals surface area contributed by atoms with Gasteiger partial charge in [-0.1, -0.05) is 19.9 Å². The summed E-state index contributed by atoms with van der Waals surface area (Å²) in [5.41, 5.74) is 4.51. The largest absolute Gasteiger partial charge is 0.493 e. The van der Waals surface area contributed by atoms with Crippen LogP contribution in [0.1, 0.15) is 56.2 Å². The van der Waals surface area contributed by atoms with Gasteiger partial charge in [0.05, 0.1) is 32.5 Å². The summed E-state index contributed by atoms with van der Waals surface area (Å²) < 4.78 is 29.8. The summed E-state index contributed by atoms with van der Waals surface area (Å²) in [5, 5.41) is 6.42. The molecular formula is C29H34N2O6. The van der Waals surface area contributed by atoms with Gasteiger partial charge in [0.2, 0.25) is 5.91 Å². The van der Waals surface area contributed by atoms with Crippen LogP contribution in [-0.2, 0) is 11.2 Å². The van der Waals surface area contributed by atoms with Crippen molar-refractivity contribution in [2.45, 2.75) is 58.1 Å². The molecule has 0 radical (unpaired) electrons. The minimum atomic E-state index is -0.283. The van der Waals surface area contributed by atoms with E-state index in [1.54, 1.807) is 14.2 Å². The Labute approximate surface area is 217 Å². The van der Waals surface area contributed by atoms with Crippen molar-refractivity contribution in [1.29, 1.82) is 0 Å². The molecule has 3 heterocycles. The molecule has 3 aliphatic heterocycles. The highest BCUT2D eigenvalue weighted by Gasteiger charge is 2.47. The van der Waals surface area contributed by atoms with Gasteiger partial charge in [-0.2, -0.15) is 5.10 Å². The third-order valence-electron chi connectivity index (χ3n) is 7.24. The summed E-state index contributed by atoms with van der Waals surface area (Å²) in [6.45, 7) is 10.6.